The Hall–Kier alpha value is -3.07. The highest BCUT2D eigenvalue weighted by Crippen LogP contribution is 2.30. The second-order valence-electron chi connectivity index (χ2n) is 6.28. The summed E-state index contributed by atoms with van der Waals surface area (Å²) < 4.78 is 5.76. The van der Waals surface area contributed by atoms with Crippen molar-refractivity contribution in [3.8, 4) is 11.3 Å². The predicted octanol–water partition coefficient (Wildman–Crippen LogP) is 5.99. The monoisotopic (exact) mass is 472 g/mol. The Kier molecular flexibility index (Phi) is 7.17. The first-order valence-corrected chi connectivity index (χ1v) is 10.5. The lowest BCUT2D eigenvalue weighted by atomic mass is 10.2. The lowest BCUT2D eigenvalue weighted by molar-refractivity contribution is -0.121. The summed E-state index contributed by atoms with van der Waals surface area (Å²) >= 11 is 12.1. The van der Waals surface area contributed by atoms with E-state index in [-0.39, 0.29) is 11.5 Å². The van der Waals surface area contributed by atoms with Gasteiger partial charge in [0.15, 0.2) is 4.32 Å². The Morgan fingerprint density at radius 2 is 1.84 bits per heavy atom. The standard InChI is InChI=1S/C11H9ClO.C11H8N2O3S2/c1-8-6-7-11(13-8)9-4-2-3-5-10(9)12;1-6-9(14)13(11(17)18-6)12-8-5-3-2-4-7(8)10(15)16/h2-7H,1H3;2-5,12H,1H2,(H,15,16). The number of nitrogens with one attached hydrogen (secondary N) is 1. The molecule has 1 saturated heterocycles. The number of halogens is 1. The number of carbonyl (C=O) groups excluding carboxylic acids is 1. The molecule has 0 unspecified atom stereocenters. The highest BCUT2D eigenvalue weighted by molar-refractivity contribution is 8.26. The van der Waals surface area contributed by atoms with E-state index in [2.05, 4.69) is 12.0 Å². The summed E-state index contributed by atoms with van der Waals surface area (Å²) in [5.41, 5.74) is 4.01. The molecule has 1 aliphatic heterocycles. The van der Waals surface area contributed by atoms with Gasteiger partial charge in [-0.25, -0.2) is 9.80 Å². The molecule has 0 spiro atoms. The molecule has 31 heavy (non-hydrogen) atoms. The largest absolute Gasteiger partial charge is 0.478 e. The number of aromatic carboxylic acids is 1. The van der Waals surface area contributed by atoms with Crippen LogP contribution in [-0.4, -0.2) is 26.3 Å². The van der Waals surface area contributed by atoms with Crippen LogP contribution in [0.15, 0.2) is 76.6 Å². The molecule has 0 radical (unpaired) electrons. The number of nitrogens with zero attached hydrogens (tertiary/aromatic N) is 1. The van der Waals surface area contributed by atoms with Gasteiger partial charge in [-0.2, -0.15) is 0 Å². The van der Waals surface area contributed by atoms with E-state index in [0.717, 1.165) is 38.9 Å². The van der Waals surface area contributed by atoms with Gasteiger partial charge in [0.05, 0.1) is 21.2 Å². The number of carboxylic acid groups (broad SMARTS) is 1. The molecule has 1 amide bonds. The molecule has 4 rings (SSSR count). The van der Waals surface area contributed by atoms with Gasteiger partial charge in [0.25, 0.3) is 5.91 Å². The molecule has 158 valence electrons. The molecule has 9 heteroatoms. The maximum atomic E-state index is 11.7. The first-order valence-electron chi connectivity index (χ1n) is 8.93. The van der Waals surface area contributed by atoms with Crippen molar-refractivity contribution < 1.29 is 19.1 Å². The van der Waals surface area contributed by atoms with Crippen LogP contribution >= 0.6 is 35.6 Å². The van der Waals surface area contributed by atoms with E-state index in [4.69, 9.17) is 33.3 Å². The van der Waals surface area contributed by atoms with E-state index in [0.29, 0.717) is 14.9 Å². The number of hydrogen-bond acceptors (Lipinski definition) is 6. The predicted molar refractivity (Wildman–Crippen MR) is 127 cm³/mol. The molecule has 3 aromatic rings. The zero-order chi connectivity index (χ0) is 22.5. The number of carbonyl (C=O) groups is 2. The summed E-state index contributed by atoms with van der Waals surface area (Å²) in [6, 6.07) is 17.8. The number of carboxylic acids is 1. The minimum Gasteiger partial charge on any atom is -0.478 e. The van der Waals surface area contributed by atoms with Crippen LogP contribution in [-0.2, 0) is 4.79 Å². The number of thiocarbonyl (C=S) groups is 1. The lowest BCUT2D eigenvalue weighted by Gasteiger charge is -2.18. The summed E-state index contributed by atoms with van der Waals surface area (Å²) in [7, 11) is 0. The summed E-state index contributed by atoms with van der Waals surface area (Å²) in [6.45, 7) is 5.48. The van der Waals surface area contributed by atoms with Crippen molar-refractivity contribution in [1.29, 1.82) is 0 Å². The maximum Gasteiger partial charge on any atom is 0.337 e. The molecular formula is C22H17ClN2O4S2. The van der Waals surface area contributed by atoms with Crippen molar-refractivity contribution in [2.45, 2.75) is 6.92 Å². The maximum absolute atomic E-state index is 11.7. The van der Waals surface area contributed by atoms with Crippen LogP contribution in [0.1, 0.15) is 16.1 Å². The van der Waals surface area contributed by atoms with Gasteiger partial charge in [-0.1, -0.05) is 54.2 Å². The van der Waals surface area contributed by atoms with E-state index in [1.807, 2.05) is 43.3 Å². The summed E-state index contributed by atoms with van der Waals surface area (Å²) in [5.74, 6) is 0.269. The fourth-order valence-corrected chi connectivity index (χ4v) is 3.90. The van der Waals surface area contributed by atoms with E-state index >= 15 is 0 Å². The van der Waals surface area contributed by atoms with Crippen LogP contribution in [0.25, 0.3) is 11.3 Å². The Balaban J connectivity index is 0.000000185. The smallest absolute Gasteiger partial charge is 0.337 e. The highest BCUT2D eigenvalue weighted by atomic mass is 35.5. The topological polar surface area (TPSA) is 82.8 Å². The van der Waals surface area contributed by atoms with Crippen molar-refractivity contribution in [3.05, 3.63) is 88.5 Å². The number of hydrogen-bond donors (Lipinski definition) is 2. The highest BCUT2D eigenvalue weighted by Gasteiger charge is 2.31. The molecule has 0 bridgehead atoms. The van der Waals surface area contributed by atoms with Gasteiger partial charge in [0, 0.05) is 5.56 Å². The molecule has 0 saturated carbocycles. The second-order valence-corrected chi connectivity index (χ2v) is 8.42. The summed E-state index contributed by atoms with van der Waals surface area (Å²) in [4.78, 5) is 23.0. The molecule has 0 aliphatic carbocycles. The third-order valence-electron chi connectivity index (χ3n) is 4.10. The third-order valence-corrected chi connectivity index (χ3v) is 5.64. The van der Waals surface area contributed by atoms with Gasteiger partial charge in [0.1, 0.15) is 11.5 Å². The van der Waals surface area contributed by atoms with E-state index in [1.165, 1.54) is 6.07 Å². The zero-order valence-electron chi connectivity index (χ0n) is 16.3. The Morgan fingerprint density at radius 1 is 1.16 bits per heavy atom. The fraction of sp³-hybridized carbons (Fsp3) is 0.0455. The van der Waals surface area contributed by atoms with E-state index in [1.54, 1.807) is 18.2 Å². The van der Waals surface area contributed by atoms with Crippen molar-refractivity contribution in [2.75, 3.05) is 5.43 Å². The SMILES string of the molecule is C=C1SC(=S)N(Nc2ccccc2C(=O)O)C1=O.Cc1ccc(-c2ccccc2Cl)o1. The van der Waals surface area contributed by atoms with Crippen LogP contribution in [0.2, 0.25) is 5.02 Å². The quantitative estimate of drug-likeness (QED) is 0.356. The number of anilines is 1. The first kappa shape index (κ1) is 22.6. The van der Waals surface area contributed by atoms with Gasteiger partial charge in [0.2, 0.25) is 0 Å². The van der Waals surface area contributed by atoms with E-state index in [9.17, 15) is 9.59 Å². The minimum absolute atomic E-state index is 0.0654. The lowest BCUT2D eigenvalue weighted by Crippen LogP contribution is -2.34. The van der Waals surface area contributed by atoms with Gasteiger partial charge >= 0.3 is 5.97 Å². The molecule has 1 aliphatic rings. The summed E-state index contributed by atoms with van der Waals surface area (Å²) in [6.07, 6.45) is 0. The molecule has 2 N–H and O–H groups in total. The van der Waals surface area contributed by atoms with Crippen LogP contribution in [0, 0.1) is 6.92 Å². The number of furan rings is 1. The van der Waals surface area contributed by atoms with Crippen molar-refractivity contribution in [3.63, 3.8) is 0 Å². The Morgan fingerprint density at radius 3 is 2.42 bits per heavy atom. The number of hydrazine groups is 1. The number of rotatable bonds is 4. The normalized spacial score (nSPS) is 13.1. The molecule has 2 aromatic carbocycles. The van der Waals surface area contributed by atoms with Crippen molar-refractivity contribution in [2.24, 2.45) is 0 Å². The number of thioether (sulfide) groups is 1. The average molecular weight is 473 g/mol. The molecule has 6 nitrogen and oxygen atoms in total. The number of aryl methyl sites for hydroxylation is 1. The second kappa shape index (κ2) is 9.82. The van der Waals surface area contributed by atoms with Crippen molar-refractivity contribution >= 4 is 57.5 Å². The van der Waals surface area contributed by atoms with Crippen LogP contribution in [0.3, 0.4) is 0 Å². The van der Waals surface area contributed by atoms with E-state index < -0.39 is 5.97 Å². The third kappa shape index (κ3) is 5.35. The molecule has 1 fully saturated rings. The molecule has 2 heterocycles. The van der Waals surface area contributed by atoms with Gasteiger partial charge in [-0.15, -0.1) is 0 Å². The van der Waals surface area contributed by atoms with Crippen molar-refractivity contribution in [1.82, 2.24) is 5.01 Å². The molecule has 0 atom stereocenters. The van der Waals surface area contributed by atoms with Gasteiger partial charge < -0.3 is 9.52 Å². The Labute approximate surface area is 193 Å². The van der Waals surface area contributed by atoms with Crippen LogP contribution in [0.4, 0.5) is 5.69 Å². The number of amides is 1. The van der Waals surface area contributed by atoms with Crippen LogP contribution in [0.5, 0.6) is 0 Å². The summed E-state index contributed by atoms with van der Waals surface area (Å²) in [5, 5.41) is 10.9. The average Bonchev–Trinajstić information content (AvgIpc) is 3.27. The van der Waals surface area contributed by atoms with Gasteiger partial charge in [-0.3, -0.25) is 10.2 Å². The fourth-order valence-electron chi connectivity index (χ4n) is 2.63. The first-order chi connectivity index (χ1) is 14.8. The Bertz CT molecular complexity index is 1180. The zero-order valence-corrected chi connectivity index (χ0v) is 18.7. The van der Waals surface area contributed by atoms with Crippen LogP contribution < -0.4 is 5.43 Å². The number of benzene rings is 2. The number of para-hydroxylation sites is 1. The minimum atomic E-state index is -1.08. The molecular weight excluding hydrogens is 456 g/mol. The van der Waals surface area contributed by atoms with Gasteiger partial charge in [-0.05, 0) is 55.5 Å². The molecule has 1 aromatic heterocycles.